The Hall–Kier alpha value is -3.62. The van der Waals surface area contributed by atoms with Crippen LogP contribution in [0.25, 0.3) is 11.1 Å². The SMILES string of the molecule is COC(C)CC(C(=O)Nc1ccc(C(N)=O)cc1)n1cc2c(cc1=O)-c1cc(Cl)ccc1CC(C)CO2. The molecule has 1 aromatic heterocycles. The van der Waals surface area contributed by atoms with Crippen LogP contribution in [0.3, 0.4) is 0 Å². The van der Waals surface area contributed by atoms with Crippen LogP contribution in [0, 0.1) is 5.92 Å². The summed E-state index contributed by atoms with van der Waals surface area (Å²) in [4.78, 5) is 38.2. The molecule has 194 valence electrons. The molecule has 3 aromatic rings. The number of primary amides is 1. The van der Waals surface area contributed by atoms with E-state index >= 15 is 0 Å². The summed E-state index contributed by atoms with van der Waals surface area (Å²) >= 11 is 6.30. The highest BCUT2D eigenvalue weighted by Crippen LogP contribution is 2.37. The highest BCUT2D eigenvalue weighted by Gasteiger charge is 2.27. The maximum atomic E-state index is 13.4. The van der Waals surface area contributed by atoms with E-state index < -0.39 is 17.9 Å². The van der Waals surface area contributed by atoms with Crippen LogP contribution in [-0.2, 0) is 16.0 Å². The van der Waals surface area contributed by atoms with Gasteiger partial charge in [-0.05, 0) is 66.8 Å². The predicted octanol–water partition coefficient (Wildman–Crippen LogP) is 4.44. The van der Waals surface area contributed by atoms with E-state index in [9.17, 15) is 14.4 Å². The largest absolute Gasteiger partial charge is 0.491 e. The third-order valence-electron chi connectivity index (χ3n) is 6.53. The Morgan fingerprint density at radius 1 is 1.19 bits per heavy atom. The van der Waals surface area contributed by atoms with Crippen LogP contribution >= 0.6 is 11.6 Å². The van der Waals surface area contributed by atoms with Crippen molar-refractivity contribution in [1.82, 2.24) is 4.57 Å². The van der Waals surface area contributed by atoms with Crippen molar-refractivity contribution in [3.8, 4) is 16.9 Å². The molecule has 0 radical (unpaired) electrons. The number of pyridine rings is 1. The van der Waals surface area contributed by atoms with Gasteiger partial charge in [-0.1, -0.05) is 24.6 Å². The molecule has 1 aliphatic heterocycles. The van der Waals surface area contributed by atoms with Crippen molar-refractivity contribution < 1.29 is 19.1 Å². The summed E-state index contributed by atoms with van der Waals surface area (Å²) in [5.41, 5.74) is 8.32. The molecular formula is C28H30ClN3O5. The number of hydrogen-bond donors (Lipinski definition) is 2. The van der Waals surface area contributed by atoms with Gasteiger partial charge in [-0.3, -0.25) is 19.0 Å². The summed E-state index contributed by atoms with van der Waals surface area (Å²) in [6.45, 7) is 4.39. The minimum Gasteiger partial charge on any atom is -0.491 e. The van der Waals surface area contributed by atoms with Crippen molar-refractivity contribution in [3.63, 3.8) is 0 Å². The number of rotatable bonds is 7. The number of fused-ring (bicyclic) bond motifs is 3. The summed E-state index contributed by atoms with van der Waals surface area (Å²) in [5, 5.41) is 3.40. The Morgan fingerprint density at radius 2 is 1.92 bits per heavy atom. The van der Waals surface area contributed by atoms with Crippen LogP contribution in [0.15, 0.2) is 59.5 Å². The molecule has 2 amide bonds. The number of nitrogens with two attached hydrogens (primary N) is 1. The quantitative estimate of drug-likeness (QED) is 0.475. The smallest absolute Gasteiger partial charge is 0.252 e. The highest BCUT2D eigenvalue weighted by atomic mass is 35.5. The highest BCUT2D eigenvalue weighted by molar-refractivity contribution is 6.30. The van der Waals surface area contributed by atoms with Crippen LogP contribution in [0.1, 0.15) is 42.2 Å². The molecule has 2 aromatic carbocycles. The van der Waals surface area contributed by atoms with E-state index in [1.807, 2.05) is 25.1 Å². The molecule has 1 aliphatic rings. The number of benzene rings is 2. The first-order chi connectivity index (χ1) is 17.7. The minimum atomic E-state index is -0.881. The van der Waals surface area contributed by atoms with Gasteiger partial charge in [0.25, 0.3) is 5.56 Å². The summed E-state index contributed by atoms with van der Waals surface area (Å²) in [6.07, 6.45) is 2.34. The first kappa shape index (κ1) is 26.4. The number of anilines is 1. The normalized spacial score (nSPS) is 16.3. The standard InChI is InChI=1S/C28H30ClN3O5/c1-16-10-19-4-7-20(29)12-22(19)23-13-26(33)32(14-25(23)37-15-16)24(11-17(2)36-3)28(35)31-21-8-5-18(6-9-21)27(30)34/h4-9,12-14,16-17,24H,10-11,15H2,1-3H3,(H2,30,34)(H,31,35). The molecule has 2 heterocycles. The fraction of sp³-hybridized carbons (Fsp3) is 0.321. The molecule has 0 bridgehead atoms. The van der Waals surface area contributed by atoms with Gasteiger partial charge in [0.05, 0.1) is 18.9 Å². The fourth-order valence-corrected chi connectivity index (χ4v) is 4.61. The monoisotopic (exact) mass is 523 g/mol. The van der Waals surface area contributed by atoms with Gasteiger partial charge in [0.15, 0.2) is 0 Å². The van der Waals surface area contributed by atoms with Crippen LogP contribution in [0.5, 0.6) is 5.75 Å². The molecule has 3 atom stereocenters. The van der Waals surface area contributed by atoms with E-state index in [1.165, 1.54) is 22.8 Å². The van der Waals surface area contributed by atoms with Crippen LogP contribution in [0.4, 0.5) is 5.69 Å². The Balaban J connectivity index is 1.75. The predicted molar refractivity (Wildman–Crippen MR) is 143 cm³/mol. The van der Waals surface area contributed by atoms with Crippen LogP contribution < -0.4 is 21.3 Å². The molecule has 0 spiro atoms. The lowest BCUT2D eigenvalue weighted by Crippen LogP contribution is -2.35. The van der Waals surface area contributed by atoms with Gasteiger partial charge in [-0.2, -0.15) is 0 Å². The molecule has 9 heteroatoms. The molecular weight excluding hydrogens is 494 g/mol. The maximum Gasteiger partial charge on any atom is 0.252 e. The van der Waals surface area contributed by atoms with Gasteiger partial charge in [0.2, 0.25) is 11.8 Å². The Labute approximate surface area is 220 Å². The molecule has 8 nitrogen and oxygen atoms in total. The van der Waals surface area contributed by atoms with E-state index in [0.717, 1.165) is 17.5 Å². The number of amides is 2. The number of carbonyl (C=O) groups excluding carboxylic acids is 2. The number of ether oxygens (including phenoxy) is 2. The molecule has 0 aliphatic carbocycles. The van der Waals surface area contributed by atoms with Crippen molar-refractivity contribution >= 4 is 29.1 Å². The van der Waals surface area contributed by atoms with Gasteiger partial charge in [0.1, 0.15) is 11.8 Å². The third kappa shape index (κ3) is 6.03. The van der Waals surface area contributed by atoms with Gasteiger partial charge >= 0.3 is 0 Å². The topological polar surface area (TPSA) is 113 Å². The Kier molecular flexibility index (Phi) is 8.00. The Morgan fingerprint density at radius 3 is 2.59 bits per heavy atom. The Bertz CT molecular complexity index is 1370. The van der Waals surface area contributed by atoms with Crippen molar-refractivity contribution in [2.45, 2.75) is 38.8 Å². The lowest BCUT2D eigenvalue weighted by Gasteiger charge is -2.26. The number of methoxy groups -OCH3 is 1. The number of hydrogen-bond acceptors (Lipinski definition) is 5. The van der Waals surface area contributed by atoms with E-state index in [2.05, 4.69) is 12.2 Å². The van der Waals surface area contributed by atoms with Gasteiger partial charge < -0.3 is 20.5 Å². The van der Waals surface area contributed by atoms with E-state index in [1.54, 1.807) is 25.4 Å². The zero-order valence-electron chi connectivity index (χ0n) is 21.0. The lowest BCUT2D eigenvalue weighted by atomic mass is 9.92. The fourth-order valence-electron chi connectivity index (χ4n) is 4.44. The molecule has 37 heavy (non-hydrogen) atoms. The summed E-state index contributed by atoms with van der Waals surface area (Å²) in [7, 11) is 1.55. The van der Waals surface area contributed by atoms with Crippen LogP contribution in [-0.4, -0.2) is 36.2 Å². The third-order valence-corrected chi connectivity index (χ3v) is 6.77. The zero-order chi connectivity index (χ0) is 26.7. The molecule has 3 unspecified atom stereocenters. The second-order valence-electron chi connectivity index (χ2n) is 9.45. The average molecular weight is 524 g/mol. The van der Waals surface area contributed by atoms with Gasteiger partial charge in [-0.15, -0.1) is 0 Å². The summed E-state index contributed by atoms with van der Waals surface area (Å²) in [5.74, 6) is -0.220. The number of halogens is 1. The molecule has 0 saturated heterocycles. The molecule has 0 saturated carbocycles. The summed E-state index contributed by atoms with van der Waals surface area (Å²) in [6, 6.07) is 12.5. The number of aromatic nitrogens is 1. The first-order valence-corrected chi connectivity index (χ1v) is 12.5. The number of carbonyl (C=O) groups is 2. The van der Waals surface area contributed by atoms with Crippen molar-refractivity contribution in [2.24, 2.45) is 11.7 Å². The lowest BCUT2D eigenvalue weighted by molar-refractivity contribution is -0.120. The van der Waals surface area contributed by atoms with E-state index in [0.29, 0.717) is 34.2 Å². The second kappa shape index (κ2) is 11.2. The van der Waals surface area contributed by atoms with Crippen molar-refractivity contribution in [2.75, 3.05) is 19.0 Å². The zero-order valence-corrected chi connectivity index (χ0v) is 21.7. The molecule has 0 fully saturated rings. The average Bonchev–Trinajstić information content (AvgIpc) is 2.87. The minimum absolute atomic E-state index is 0.240. The number of nitrogens with zero attached hydrogens (tertiary/aromatic N) is 1. The molecule has 3 N–H and O–H groups in total. The number of nitrogens with one attached hydrogen (secondary N) is 1. The first-order valence-electron chi connectivity index (χ1n) is 12.1. The summed E-state index contributed by atoms with van der Waals surface area (Å²) < 4.78 is 12.9. The molecule has 4 rings (SSSR count). The van der Waals surface area contributed by atoms with E-state index in [4.69, 9.17) is 26.8 Å². The second-order valence-corrected chi connectivity index (χ2v) is 9.88. The van der Waals surface area contributed by atoms with E-state index in [-0.39, 0.29) is 24.0 Å². The van der Waals surface area contributed by atoms with Crippen LogP contribution in [0.2, 0.25) is 5.02 Å². The van der Waals surface area contributed by atoms with Crippen molar-refractivity contribution in [1.29, 1.82) is 0 Å². The van der Waals surface area contributed by atoms with Gasteiger partial charge in [-0.25, -0.2) is 0 Å². The maximum absolute atomic E-state index is 13.4. The van der Waals surface area contributed by atoms with Gasteiger partial charge in [0, 0.05) is 41.4 Å². The van der Waals surface area contributed by atoms with Crippen molar-refractivity contribution in [3.05, 3.63) is 81.2 Å².